The predicted molar refractivity (Wildman–Crippen MR) is 127 cm³/mol. The summed E-state index contributed by atoms with van der Waals surface area (Å²) < 4.78 is 23.6. The van der Waals surface area contributed by atoms with Gasteiger partial charge in [-0.1, -0.05) is 12.1 Å². The van der Waals surface area contributed by atoms with Gasteiger partial charge in [-0.3, -0.25) is 14.5 Å². The number of aliphatic hydroxyl groups is 1. The molecular weight excluding hydrogens is 453 g/mol. The number of halogens is 1. The van der Waals surface area contributed by atoms with Crippen LogP contribution >= 0.6 is 0 Å². The molecule has 1 saturated heterocycles. The molecule has 1 heterocycles. The first kappa shape index (κ1) is 23.7. The number of aliphatic hydroxyl groups excluding tert-OH is 1. The van der Waals surface area contributed by atoms with Gasteiger partial charge in [0, 0.05) is 11.3 Å². The lowest BCUT2D eigenvalue weighted by atomic mass is 9.95. The van der Waals surface area contributed by atoms with Crippen LogP contribution in [0.15, 0.2) is 78.4 Å². The molecule has 3 aromatic carbocycles. The van der Waals surface area contributed by atoms with Gasteiger partial charge in [0.1, 0.15) is 17.3 Å². The second-order valence-corrected chi connectivity index (χ2v) is 7.72. The average molecular weight is 475 g/mol. The lowest BCUT2D eigenvalue weighted by Gasteiger charge is -2.25. The molecule has 0 aromatic heterocycles. The molecule has 0 radical (unpaired) electrons. The maximum atomic E-state index is 13.4. The number of carbonyl (C=O) groups is 3. The van der Waals surface area contributed by atoms with Gasteiger partial charge in [-0.25, -0.2) is 9.18 Å². The standard InChI is InChI=1S/C27H22FNO6/c1-3-35-27(33)18-6-12-20(13-7-18)29-23(16-8-14-21(34-2)15-9-16)22(25(31)26(29)32)24(30)17-4-10-19(28)11-5-17/h4-15,23,30H,3H2,1-2H3/b24-22+. The molecule has 0 aliphatic carbocycles. The van der Waals surface area contributed by atoms with E-state index in [4.69, 9.17) is 9.47 Å². The highest BCUT2D eigenvalue weighted by Crippen LogP contribution is 2.42. The monoisotopic (exact) mass is 475 g/mol. The number of Topliss-reactive ketones (excluding diaryl/α,β-unsaturated/α-hetero) is 1. The molecule has 1 amide bonds. The molecule has 1 aliphatic heterocycles. The van der Waals surface area contributed by atoms with Gasteiger partial charge >= 0.3 is 5.97 Å². The minimum Gasteiger partial charge on any atom is -0.507 e. The zero-order chi connectivity index (χ0) is 25.1. The zero-order valence-corrected chi connectivity index (χ0v) is 19.0. The van der Waals surface area contributed by atoms with Gasteiger partial charge in [0.15, 0.2) is 0 Å². The Morgan fingerprint density at radius 2 is 1.54 bits per heavy atom. The number of methoxy groups -OCH3 is 1. The van der Waals surface area contributed by atoms with Crippen molar-refractivity contribution in [2.45, 2.75) is 13.0 Å². The quantitative estimate of drug-likeness (QED) is 0.242. The molecule has 8 heteroatoms. The van der Waals surface area contributed by atoms with E-state index < -0.39 is 35.3 Å². The number of carbonyl (C=O) groups excluding carboxylic acids is 3. The normalized spacial score (nSPS) is 16.9. The Morgan fingerprint density at radius 3 is 2.11 bits per heavy atom. The number of anilines is 1. The molecule has 0 saturated carbocycles. The zero-order valence-electron chi connectivity index (χ0n) is 19.0. The van der Waals surface area contributed by atoms with Gasteiger partial charge in [-0.15, -0.1) is 0 Å². The summed E-state index contributed by atoms with van der Waals surface area (Å²) in [7, 11) is 1.51. The summed E-state index contributed by atoms with van der Waals surface area (Å²) in [5.74, 6) is -2.60. The Labute approximate surface area is 201 Å². The maximum Gasteiger partial charge on any atom is 0.338 e. The molecule has 0 bridgehead atoms. The number of esters is 1. The second kappa shape index (κ2) is 9.80. The fourth-order valence-electron chi connectivity index (χ4n) is 3.94. The maximum absolute atomic E-state index is 13.4. The minimum absolute atomic E-state index is 0.138. The van der Waals surface area contributed by atoms with Crippen LogP contribution in [0.1, 0.15) is 34.5 Å². The number of hydrogen-bond donors (Lipinski definition) is 1. The van der Waals surface area contributed by atoms with E-state index >= 15 is 0 Å². The van der Waals surface area contributed by atoms with Crippen LogP contribution in [0.25, 0.3) is 5.76 Å². The average Bonchev–Trinajstić information content (AvgIpc) is 3.14. The van der Waals surface area contributed by atoms with Crippen molar-refractivity contribution in [3.8, 4) is 5.75 Å². The second-order valence-electron chi connectivity index (χ2n) is 7.72. The predicted octanol–water partition coefficient (Wildman–Crippen LogP) is 4.64. The van der Waals surface area contributed by atoms with Crippen molar-refractivity contribution >= 4 is 29.1 Å². The van der Waals surface area contributed by atoms with Gasteiger partial charge < -0.3 is 14.6 Å². The van der Waals surface area contributed by atoms with Gasteiger partial charge in [0.05, 0.1) is 30.9 Å². The van der Waals surface area contributed by atoms with E-state index in [1.807, 2.05) is 0 Å². The Bertz CT molecular complexity index is 1300. The first-order valence-electron chi connectivity index (χ1n) is 10.8. The summed E-state index contributed by atoms with van der Waals surface area (Å²) >= 11 is 0. The van der Waals surface area contributed by atoms with Crippen LogP contribution in [0.3, 0.4) is 0 Å². The Hall–Kier alpha value is -4.46. The first-order chi connectivity index (χ1) is 16.8. The molecule has 1 N–H and O–H groups in total. The lowest BCUT2D eigenvalue weighted by molar-refractivity contribution is -0.132. The molecule has 1 unspecified atom stereocenters. The molecule has 1 aliphatic rings. The van der Waals surface area contributed by atoms with E-state index in [0.29, 0.717) is 22.6 Å². The first-order valence-corrected chi connectivity index (χ1v) is 10.8. The van der Waals surface area contributed by atoms with Crippen molar-refractivity contribution in [2.24, 2.45) is 0 Å². The summed E-state index contributed by atoms with van der Waals surface area (Å²) in [4.78, 5) is 39.6. The van der Waals surface area contributed by atoms with Crippen LogP contribution < -0.4 is 9.64 Å². The molecule has 3 aromatic rings. The number of hydrogen-bond acceptors (Lipinski definition) is 6. The molecule has 1 fully saturated rings. The molecule has 35 heavy (non-hydrogen) atoms. The number of nitrogens with zero attached hydrogens (tertiary/aromatic N) is 1. The van der Waals surface area contributed by atoms with Crippen LogP contribution in [-0.2, 0) is 14.3 Å². The highest BCUT2D eigenvalue weighted by atomic mass is 19.1. The third-order valence-electron chi connectivity index (χ3n) is 5.65. The van der Waals surface area contributed by atoms with E-state index in [0.717, 1.165) is 12.1 Å². The molecule has 0 spiro atoms. The van der Waals surface area contributed by atoms with Gasteiger partial charge in [-0.2, -0.15) is 0 Å². The molecule has 1 atom stereocenters. The molecule has 7 nitrogen and oxygen atoms in total. The van der Waals surface area contributed by atoms with Crippen LogP contribution in [-0.4, -0.2) is 36.5 Å². The van der Waals surface area contributed by atoms with E-state index in [2.05, 4.69) is 0 Å². The van der Waals surface area contributed by atoms with E-state index in [1.165, 1.54) is 48.4 Å². The SMILES string of the molecule is CCOC(=O)c1ccc(N2C(=O)C(=O)/C(=C(/O)c3ccc(F)cc3)C2c2ccc(OC)cc2)cc1. The van der Waals surface area contributed by atoms with Gasteiger partial charge in [0.25, 0.3) is 11.7 Å². The van der Waals surface area contributed by atoms with Crippen LogP contribution in [0.2, 0.25) is 0 Å². The summed E-state index contributed by atoms with van der Waals surface area (Å²) in [6, 6.07) is 16.8. The summed E-state index contributed by atoms with van der Waals surface area (Å²) in [5, 5.41) is 11.0. The van der Waals surface area contributed by atoms with Crippen molar-refractivity contribution in [3.05, 3.63) is 101 Å². The molecule has 4 rings (SSSR count). The third kappa shape index (κ3) is 4.50. The van der Waals surface area contributed by atoms with Crippen molar-refractivity contribution < 1.29 is 33.4 Å². The number of amides is 1. The highest BCUT2D eigenvalue weighted by molar-refractivity contribution is 6.51. The van der Waals surface area contributed by atoms with E-state index in [1.54, 1.807) is 31.2 Å². The van der Waals surface area contributed by atoms with E-state index in [-0.39, 0.29) is 17.7 Å². The number of ketones is 1. The van der Waals surface area contributed by atoms with Crippen molar-refractivity contribution in [3.63, 3.8) is 0 Å². The lowest BCUT2D eigenvalue weighted by Crippen LogP contribution is -2.29. The summed E-state index contributed by atoms with van der Waals surface area (Å²) in [5.41, 5.74) is 1.24. The minimum atomic E-state index is -0.973. The number of rotatable bonds is 6. The van der Waals surface area contributed by atoms with Crippen LogP contribution in [0.5, 0.6) is 5.75 Å². The Morgan fingerprint density at radius 1 is 0.943 bits per heavy atom. The van der Waals surface area contributed by atoms with Crippen molar-refractivity contribution in [2.75, 3.05) is 18.6 Å². The highest BCUT2D eigenvalue weighted by Gasteiger charge is 2.47. The fraction of sp³-hybridized carbons (Fsp3) is 0.148. The number of ether oxygens (including phenoxy) is 2. The smallest absolute Gasteiger partial charge is 0.338 e. The van der Waals surface area contributed by atoms with Crippen molar-refractivity contribution in [1.82, 2.24) is 0 Å². The van der Waals surface area contributed by atoms with Crippen LogP contribution in [0.4, 0.5) is 10.1 Å². The van der Waals surface area contributed by atoms with Gasteiger partial charge in [0.2, 0.25) is 0 Å². The van der Waals surface area contributed by atoms with Gasteiger partial charge in [-0.05, 0) is 73.2 Å². The van der Waals surface area contributed by atoms with Crippen LogP contribution in [0, 0.1) is 5.82 Å². The number of benzene rings is 3. The summed E-state index contributed by atoms with van der Waals surface area (Å²) in [6.07, 6.45) is 0. The Kier molecular flexibility index (Phi) is 6.64. The third-order valence-corrected chi connectivity index (χ3v) is 5.65. The van der Waals surface area contributed by atoms with E-state index in [9.17, 15) is 23.9 Å². The Balaban J connectivity index is 1.85. The van der Waals surface area contributed by atoms with Crippen molar-refractivity contribution in [1.29, 1.82) is 0 Å². The topological polar surface area (TPSA) is 93.1 Å². The summed E-state index contributed by atoms with van der Waals surface area (Å²) in [6.45, 7) is 1.91. The fourth-order valence-corrected chi connectivity index (χ4v) is 3.94. The molecular formula is C27H22FNO6. The largest absolute Gasteiger partial charge is 0.507 e. The molecule has 178 valence electrons.